The number of nitrogens with zero attached hydrogens (tertiary/aromatic N) is 4. The molecule has 1 unspecified atom stereocenters. The lowest BCUT2D eigenvalue weighted by Crippen LogP contribution is -2.45. The van der Waals surface area contributed by atoms with E-state index >= 15 is 0 Å². The molecular formula is C15H22N6O. The second kappa shape index (κ2) is 6.39. The van der Waals surface area contributed by atoms with Crippen molar-refractivity contribution >= 4 is 11.7 Å². The molecule has 3 rings (SSSR count). The molecule has 1 aliphatic heterocycles. The Kier molecular flexibility index (Phi) is 4.33. The van der Waals surface area contributed by atoms with E-state index in [1.54, 1.807) is 4.52 Å². The van der Waals surface area contributed by atoms with Gasteiger partial charge in [-0.3, -0.25) is 4.79 Å². The van der Waals surface area contributed by atoms with E-state index in [1.165, 1.54) is 6.33 Å². The van der Waals surface area contributed by atoms with Crippen molar-refractivity contribution in [2.75, 3.05) is 13.1 Å². The highest BCUT2D eigenvalue weighted by atomic mass is 16.1. The average molecular weight is 302 g/mol. The molecule has 1 amide bonds. The Morgan fingerprint density at radius 2 is 2.36 bits per heavy atom. The number of hydrogen-bond donors (Lipinski definition) is 2. The number of carbonyl (C=O) groups excluding carboxylic acids is 1. The van der Waals surface area contributed by atoms with Crippen LogP contribution >= 0.6 is 0 Å². The molecule has 2 aromatic rings. The van der Waals surface area contributed by atoms with Crippen LogP contribution in [0.4, 0.5) is 0 Å². The molecule has 2 aromatic heterocycles. The molecule has 7 heteroatoms. The van der Waals surface area contributed by atoms with Gasteiger partial charge >= 0.3 is 0 Å². The summed E-state index contributed by atoms with van der Waals surface area (Å²) in [4.78, 5) is 20.7. The average Bonchev–Trinajstić information content (AvgIpc) is 2.96. The van der Waals surface area contributed by atoms with Gasteiger partial charge in [0.25, 0.3) is 5.78 Å². The Hall–Kier alpha value is -2.02. The van der Waals surface area contributed by atoms with Crippen LogP contribution in [0.25, 0.3) is 5.78 Å². The number of piperidine rings is 1. The molecule has 0 spiro atoms. The van der Waals surface area contributed by atoms with Crippen molar-refractivity contribution in [2.24, 2.45) is 0 Å². The molecule has 1 aliphatic rings. The Morgan fingerprint density at radius 3 is 3.14 bits per heavy atom. The fourth-order valence-electron chi connectivity index (χ4n) is 3.03. The van der Waals surface area contributed by atoms with Crippen molar-refractivity contribution in [1.29, 1.82) is 0 Å². The number of nitrogens with one attached hydrogen (secondary N) is 2. The van der Waals surface area contributed by atoms with Crippen LogP contribution in [0.3, 0.4) is 0 Å². The van der Waals surface area contributed by atoms with E-state index in [4.69, 9.17) is 0 Å². The number of hydrogen-bond acceptors (Lipinski definition) is 5. The second-order valence-electron chi connectivity index (χ2n) is 5.84. The maximum absolute atomic E-state index is 12.1. The largest absolute Gasteiger partial charge is 0.352 e. The fraction of sp³-hybridized carbons (Fsp3) is 0.600. The lowest BCUT2D eigenvalue weighted by atomic mass is 10.0. The first-order valence-corrected chi connectivity index (χ1v) is 7.81. The highest BCUT2D eigenvalue weighted by Gasteiger charge is 2.16. The third-order valence-electron chi connectivity index (χ3n) is 4.25. The third-order valence-corrected chi connectivity index (χ3v) is 4.25. The summed E-state index contributed by atoms with van der Waals surface area (Å²) in [6, 6.07) is 0.263. The molecule has 7 nitrogen and oxygen atoms in total. The van der Waals surface area contributed by atoms with Gasteiger partial charge in [0.05, 0.1) is 0 Å². The Bertz CT molecular complexity index is 674. The van der Waals surface area contributed by atoms with Crippen molar-refractivity contribution in [3.63, 3.8) is 0 Å². The van der Waals surface area contributed by atoms with Gasteiger partial charge in [0.2, 0.25) is 5.91 Å². The third kappa shape index (κ3) is 3.09. The Labute approximate surface area is 129 Å². The molecule has 0 saturated carbocycles. The topological polar surface area (TPSA) is 84.2 Å². The summed E-state index contributed by atoms with van der Waals surface area (Å²) >= 11 is 0. The van der Waals surface area contributed by atoms with Gasteiger partial charge in [0.15, 0.2) is 0 Å². The Balaban J connectivity index is 1.64. The highest BCUT2D eigenvalue weighted by molar-refractivity contribution is 5.76. The molecule has 0 radical (unpaired) electrons. The van der Waals surface area contributed by atoms with Gasteiger partial charge < -0.3 is 10.6 Å². The van der Waals surface area contributed by atoms with E-state index in [1.807, 2.05) is 13.8 Å². The number of aryl methyl sites for hydroxylation is 2. The predicted octanol–water partition coefficient (Wildman–Crippen LogP) is 0.542. The summed E-state index contributed by atoms with van der Waals surface area (Å²) < 4.78 is 1.73. The monoisotopic (exact) mass is 302 g/mol. The number of carbonyl (C=O) groups is 1. The minimum Gasteiger partial charge on any atom is -0.352 e. The highest BCUT2D eigenvalue weighted by Crippen LogP contribution is 2.15. The zero-order valence-electron chi connectivity index (χ0n) is 13.1. The lowest BCUT2D eigenvalue weighted by molar-refractivity contribution is -0.121. The van der Waals surface area contributed by atoms with Gasteiger partial charge in [-0.2, -0.15) is 10.1 Å². The molecule has 0 aromatic carbocycles. The maximum atomic E-state index is 12.1. The maximum Gasteiger partial charge on any atom is 0.252 e. The van der Waals surface area contributed by atoms with E-state index in [-0.39, 0.29) is 11.9 Å². The summed E-state index contributed by atoms with van der Waals surface area (Å²) in [6.07, 6.45) is 4.83. The van der Waals surface area contributed by atoms with Crippen LogP contribution in [0.5, 0.6) is 0 Å². The van der Waals surface area contributed by atoms with Crippen LogP contribution in [0.2, 0.25) is 0 Å². The summed E-state index contributed by atoms with van der Waals surface area (Å²) in [7, 11) is 0. The van der Waals surface area contributed by atoms with E-state index in [9.17, 15) is 4.79 Å². The normalized spacial score (nSPS) is 18.5. The molecule has 2 N–H and O–H groups in total. The van der Waals surface area contributed by atoms with Crippen molar-refractivity contribution in [3.05, 3.63) is 23.3 Å². The first kappa shape index (κ1) is 14.9. The van der Waals surface area contributed by atoms with Crippen molar-refractivity contribution in [1.82, 2.24) is 30.2 Å². The molecule has 0 bridgehead atoms. The summed E-state index contributed by atoms with van der Waals surface area (Å²) in [6.45, 7) is 5.87. The minimum absolute atomic E-state index is 0.103. The zero-order chi connectivity index (χ0) is 15.5. The number of fused-ring (bicyclic) bond motifs is 1. The van der Waals surface area contributed by atoms with Crippen molar-refractivity contribution < 1.29 is 4.79 Å². The smallest absolute Gasteiger partial charge is 0.252 e. The van der Waals surface area contributed by atoms with Crippen LogP contribution in [0.15, 0.2) is 6.33 Å². The van der Waals surface area contributed by atoms with Gasteiger partial charge in [-0.05, 0) is 45.2 Å². The van der Waals surface area contributed by atoms with Crippen LogP contribution in [-0.2, 0) is 11.2 Å². The summed E-state index contributed by atoms with van der Waals surface area (Å²) in [5.74, 6) is 0.711. The molecule has 1 fully saturated rings. The molecular weight excluding hydrogens is 280 g/mol. The minimum atomic E-state index is 0.103. The lowest BCUT2D eigenvalue weighted by Gasteiger charge is -2.23. The van der Waals surface area contributed by atoms with Gasteiger partial charge in [-0.1, -0.05) is 0 Å². The first-order chi connectivity index (χ1) is 10.6. The standard InChI is InChI=1S/C15H22N6O/c1-10-13(11(2)21-15(19-10)17-9-18-21)5-6-14(22)20-12-4-3-7-16-8-12/h9,12,16H,3-8H2,1-2H3,(H,20,22). The van der Waals surface area contributed by atoms with Crippen LogP contribution in [0.1, 0.15) is 36.2 Å². The van der Waals surface area contributed by atoms with Gasteiger partial charge in [-0.15, -0.1) is 0 Å². The molecule has 0 aliphatic carbocycles. The Morgan fingerprint density at radius 1 is 1.50 bits per heavy atom. The molecule has 3 heterocycles. The van der Waals surface area contributed by atoms with Crippen molar-refractivity contribution in [2.45, 2.75) is 45.6 Å². The zero-order valence-corrected chi connectivity index (χ0v) is 13.1. The summed E-state index contributed by atoms with van der Waals surface area (Å²) in [5.41, 5.74) is 3.01. The van der Waals surface area contributed by atoms with E-state index in [2.05, 4.69) is 25.7 Å². The number of aromatic nitrogens is 4. The quantitative estimate of drug-likeness (QED) is 0.861. The summed E-state index contributed by atoms with van der Waals surface area (Å²) in [5, 5.41) is 10.6. The molecule has 118 valence electrons. The number of amides is 1. The van der Waals surface area contributed by atoms with Crippen LogP contribution in [-0.4, -0.2) is 44.6 Å². The second-order valence-corrected chi connectivity index (χ2v) is 5.84. The SMILES string of the molecule is Cc1nc2ncnn2c(C)c1CCC(=O)NC1CCCNC1. The van der Waals surface area contributed by atoms with Crippen molar-refractivity contribution in [3.8, 4) is 0 Å². The van der Waals surface area contributed by atoms with Crippen LogP contribution in [0, 0.1) is 13.8 Å². The predicted molar refractivity (Wildman–Crippen MR) is 82.6 cm³/mol. The molecule has 1 atom stereocenters. The van der Waals surface area contributed by atoms with E-state index < -0.39 is 0 Å². The fourth-order valence-corrected chi connectivity index (χ4v) is 3.03. The first-order valence-electron chi connectivity index (χ1n) is 7.81. The number of rotatable bonds is 4. The van der Waals surface area contributed by atoms with Gasteiger partial charge in [-0.25, -0.2) is 9.50 Å². The van der Waals surface area contributed by atoms with Crippen LogP contribution < -0.4 is 10.6 Å². The van der Waals surface area contributed by atoms with Gasteiger partial charge in [0, 0.05) is 30.4 Å². The molecule has 1 saturated heterocycles. The van der Waals surface area contributed by atoms with E-state index in [0.717, 1.165) is 42.9 Å². The van der Waals surface area contributed by atoms with E-state index in [0.29, 0.717) is 18.6 Å². The van der Waals surface area contributed by atoms with Gasteiger partial charge in [0.1, 0.15) is 6.33 Å². The molecule has 22 heavy (non-hydrogen) atoms.